The Morgan fingerprint density at radius 3 is 1.49 bits per heavy atom. The Morgan fingerprint density at radius 2 is 1.14 bits per heavy atom. The summed E-state index contributed by atoms with van der Waals surface area (Å²) in [7, 11) is 0. The molecule has 0 aliphatic rings. The van der Waals surface area contributed by atoms with Gasteiger partial charge in [0.25, 0.3) is 11.8 Å². The molecule has 0 atom stereocenters. The number of aromatic nitrogens is 2. The molecular weight excluding hydrogens is 551 g/mol. The molecule has 2 heterocycles. The number of nitrogens with one attached hydrogen (secondary N) is 4. The molecular formula is C26H34N4O4Sn. The standard InChI is InChI=1S/2C9H8N2O2.2C4H9.Sn/c2*12-9(11-13)8-5-6-3-1-2-4-7(6)10-8;2*1-3-4-2;/h2*1-5,10,13H,(H,11,12);2*1,3-4H2,2H3;. The molecule has 2 aromatic heterocycles. The molecule has 0 fully saturated rings. The van der Waals surface area contributed by atoms with Gasteiger partial charge in [-0.3, -0.25) is 20.0 Å². The van der Waals surface area contributed by atoms with Gasteiger partial charge >= 0.3 is 69.5 Å². The zero-order chi connectivity index (χ0) is 25.5. The van der Waals surface area contributed by atoms with Crippen molar-refractivity contribution in [1.29, 1.82) is 0 Å². The van der Waals surface area contributed by atoms with E-state index in [1.807, 2.05) is 48.5 Å². The van der Waals surface area contributed by atoms with Crippen LogP contribution in [0.4, 0.5) is 0 Å². The summed E-state index contributed by atoms with van der Waals surface area (Å²) in [5, 5.41) is 18.7. The molecule has 186 valence electrons. The molecule has 8 nitrogen and oxygen atoms in total. The number of para-hydroxylation sites is 2. The van der Waals surface area contributed by atoms with Crippen LogP contribution in [0.5, 0.6) is 0 Å². The van der Waals surface area contributed by atoms with E-state index in [9.17, 15) is 9.59 Å². The number of amides is 2. The molecule has 0 aliphatic heterocycles. The van der Waals surface area contributed by atoms with E-state index in [4.69, 9.17) is 10.4 Å². The van der Waals surface area contributed by atoms with Crippen molar-refractivity contribution in [2.45, 2.75) is 48.4 Å². The maximum Gasteiger partial charge on any atom is 0.291 e. The van der Waals surface area contributed by atoms with Crippen LogP contribution in [0.25, 0.3) is 21.8 Å². The maximum absolute atomic E-state index is 11.0. The van der Waals surface area contributed by atoms with Crippen LogP contribution in [0, 0.1) is 0 Å². The molecule has 6 N–H and O–H groups in total. The minimum Gasteiger partial charge on any atom is -0.350 e. The first-order valence-corrected chi connectivity index (χ1v) is 15.8. The maximum atomic E-state index is 11.0. The first kappa shape index (κ1) is 28.4. The molecule has 0 saturated heterocycles. The second-order valence-corrected chi connectivity index (χ2v) is 12.2. The number of benzene rings is 2. The van der Waals surface area contributed by atoms with Gasteiger partial charge in [0.05, 0.1) is 0 Å². The van der Waals surface area contributed by atoms with Gasteiger partial charge in [-0.25, -0.2) is 11.0 Å². The van der Waals surface area contributed by atoms with Crippen LogP contribution in [0.15, 0.2) is 60.7 Å². The van der Waals surface area contributed by atoms with Gasteiger partial charge in [-0.05, 0) is 24.3 Å². The zero-order valence-electron chi connectivity index (χ0n) is 20.2. The van der Waals surface area contributed by atoms with Crippen LogP contribution in [-0.4, -0.2) is 53.3 Å². The molecule has 0 unspecified atom stereocenters. The topological polar surface area (TPSA) is 130 Å². The number of hydrogen-bond donors (Lipinski definition) is 6. The fraction of sp³-hybridized carbons (Fsp3) is 0.308. The van der Waals surface area contributed by atoms with E-state index in [-0.39, 0.29) is 21.1 Å². The second kappa shape index (κ2) is 16.0. The molecule has 4 rings (SSSR count). The SMILES string of the molecule is CCC[CH2][Sn][CH2]CCC.O=C(NO)c1cc2ccccc2[nH]1.O=C(NO)c1cc2ccccc2[nH]1. The van der Waals surface area contributed by atoms with Gasteiger partial charge in [-0.1, -0.05) is 36.4 Å². The molecule has 4 aromatic rings. The second-order valence-electron chi connectivity index (χ2n) is 7.88. The van der Waals surface area contributed by atoms with Crippen LogP contribution < -0.4 is 11.0 Å². The number of rotatable bonds is 8. The van der Waals surface area contributed by atoms with Crippen molar-refractivity contribution in [1.82, 2.24) is 20.9 Å². The van der Waals surface area contributed by atoms with Gasteiger partial charge in [-0.15, -0.1) is 0 Å². The Hall–Kier alpha value is -2.82. The molecule has 0 saturated carbocycles. The number of hydroxylamine groups is 2. The largest absolute Gasteiger partial charge is 0.350 e. The first-order valence-electron chi connectivity index (χ1n) is 11.8. The van der Waals surface area contributed by atoms with E-state index in [1.54, 1.807) is 32.0 Å². The smallest absolute Gasteiger partial charge is 0.291 e. The Balaban J connectivity index is 0.000000190. The van der Waals surface area contributed by atoms with Crippen LogP contribution in [0.2, 0.25) is 8.87 Å². The van der Waals surface area contributed by atoms with Crippen molar-refractivity contribution >= 4 is 54.8 Å². The molecule has 2 aromatic carbocycles. The fourth-order valence-corrected chi connectivity index (χ4v) is 7.40. The number of carbonyl (C=O) groups excluding carboxylic acids is 2. The van der Waals surface area contributed by atoms with E-state index in [0.717, 1.165) is 21.8 Å². The van der Waals surface area contributed by atoms with Crippen molar-refractivity contribution in [3.8, 4) is 0 Å². The average molecular weight is 585 g/mol. The number of H-pyrrole nitrogens is 2. The van der Waals surface area contributed by atoms with E-state index in [2.05, 4.69) is 23.8 Å². The summed E-state index contributed by atoms with van der Waals surface area (Å²) >= 11 is 0.149. The number of hydrogen-bond acceptors (Lipinski definition) is 4. The molecule has 0 aliphatic carbocycles. The Morgan fingerprint density at radius 1 is 0.743 bits per heavy atom. The van der Waals surface area contributed by atoms with E-state index in [0.29, 0.717) is 11.4 Å². The van der Waals surface area contributed by atoms with Crippen LogP contribution in [0.1, 0.15) is 60.5 Å². The minimum absolute atomic E-state index is 0.149. The van der Waals surface area contributed by atoms with Crippen LogP contribution in [0.3, 0.4) is 0 Å². The molecule has 2 radical (unpaired) electrons. The van der Waals surface area contributed by atoms with Crippen LogP contribution >= 0.6 is 0 Å². The van der Waals surface area contributed by atoms with E-state index in [1.165, 1.54) is 25.7 Å². The third kappa shape index (κ3) is 9.39. The van der Waals surface area contributed by atoms with Gasteiger partial charge in [0.15, 0.2) is 0 Å². The Bertz CT molecular complexity index is 1030. The summed E-state index contributed by atoms with van der Waals surface area (Å²) in [6.07, 6.45) is 5.84. The number of carbonyl (C=O) groups is 2. The van der Waals surface area contributed by atoms with Crippen molar-refractivity contribution < 1.29 is 20.0 Å². The monoisotopic (exact) mass is 586 g/mol. The third-order valence-electron chi connectivity index (χ3n) is 5.17. The van der Waals surface area contributed by atoms with Gasteiger partial charge in [0.1, 0.15) is 11.4 Å². The van der Waals surface area contributed by atoms with Crippen LogP contribution in [-0.2, 0) is 0 Å². The number of unbranched alkanes of at least 4 members (excludes halogenated alkanes) is 2. The predicted molar refractivity (Wildman–Crippen MR) is 140 cm³/mol. The molecule has 0 spiro atoms. The summed E-state index contributed by atoms with van der Waals surface area (Å²) in [5.74, 6) is -1.06. The van der Waals surface area contributed by atoms with Gasteiger partial charge in [-0.2, -0.15) is 0 Å². The summed E-state index contributed by atoms with van der Waals surface area (Å²) < 4.78 is 3.25. The minimum atomic E-state index is -0.531. The molecule has 2 amide bonds. The quantitative estimate of drug-likeness (QED) is 0.0686. The van der Waals surface area contributed by atoms with Gasteiger partial charge < -0.3 is 9.97 Å². The zero-order valence-corrected chi connectivity index (χ0v) is 23.1. The van der Waals surface area contributed by atoms with E-state index >= 15 is 0 Å². The van der Waals surface area contributed by atoms with Gasteiger partial charge in [0.2, 0.25) is 0 Å². The predicted octanol–water partition coefficient (Wildman–Crippen LogP) is 5.70. The third-order valence-corrected chi connectivity index (χ3v) is 9.20. The number of fused-ring (bicyclic) bond motifs is 2. The van der Waals surface area contributed by atoms with Crippen molar-refractivity contribution in [2.24, 2.45) is 0 Å². The molecule has 9 heteroatoms. The Labute approximate surface area is 215 Å². The normalized spacial score (nSPS) is 10.2. The van der Waals surface area contributed by atoms with E-state index < -0.39 is 11.8 Å². The summed E-state index contributed by atoms with van der Waals surface area (Å²) in [6.45, 7) is 4.58. The summed E-state index contributed by atoms with van der Waals surface area (Å²) in [5.41, 5.74) is 5.60. The molecule has 35 heavy (non-hydrogen) atoms. The van der Waals surface area contributed by atoms with Crippen molar-refractivity contribution in [2.75, 3.05) is 0 Å². The average Bonchev–Trinajstić information content (AvgIpc) is 3.53. The fourth-order valence-electron chi connectivity index (χ4n) is 3.24. The Kier molecular flexibility index (Phi) is 13.0. The van der Waals surface area contributed by atoms with Crippen molar-refractivity contribution in [3.63, 3.8) is 0 Å². The summed E-state index contributed by atoms with van der Waals surface area (Å²) in [6, 6.07) is 18.4. The van der Waals surface area contributed by atoms with Gasteiger partial charge in [0, 0.05) is 21.8 Å². The summed E-state index contributed by atoms with van der Waals surface area (Å²) in [4.78, 5) is 27.7. The first-order chi connectivity index (χ1) is 17.0. The molecule has 0 bridgehead atoms. The number of aromatic amines is 2. The van der Waals surface area contributed by atoms with Crippen molar-refractivity contribution in [3.05, 3.63) is 72.1 Å².